The molecule has 1 aromatic carbocycles. The zero-order chi connectivity index (χ0) is 15.7. The summed E-state index contributed by atoms with van der Waals surface area (Å²) in [6.07, 6.45) is 7.57. The molecule has 0 saturated heterocycles. The molecule has 21 heavy (non-hydrogen) atoms. The number of carbonyl (C=O) groups excluding carboxylic acids is 1. The second kappa shape index (κ2) is 8.60. The minimum absolute atomic E-state index is 0.103. The molecule has 0 unspecified atom stereocenters. The van der Waals surface area contributed by atoms with E-state index in [2.05, 4.69) is 38.2 Å². The summed E-state index contributed by atoms with van der Waals surface area (Å²) in [5.41, 5.74) is 4.55. The van der Waals surface area contributed by atoms with Crippen LogP contribution in [-0.2, 0) is 5.41 Å². The monoisotopic (exact) mass is 288 g/mol. The second-order valence-electron chi connectivity index (χ2n) is 6.43. The van der Waals surface area contributed by atoms with Gasteiger partial charge in [0.2, 0.25) is 0 Å². The van der Waals surface area contributed by atoms with Crippen molar-refractivity contribution in [3.63, 3.8) is 0 Å². The van der Waals surface area contributed by atoms with Gasteiger partial charge in [-0.1, -0.05) is 59.1 Å². The van der Waals surface area contributed by atoms with Crippen molar-refractivity contribution in [2.75, 3.05) is 0 Å². The SMILES string of the molecule is CCCCCC/C=N/NC(=O)c1ccc(C(C)(C)C)cc1. The molecule has 0 aromatic heterocycles. The first-order chi connectivity index (χ1) is 9.95. The molecule has 1 rings (SSSR count). The Morgan fingerprint density at radius 3 is 2.38 bits per heavy atom. The maximum atomic E-state index is 11.9. The Labute approximate surface area is 128 Å². The number of nitrogens with zero attached hydrogens (tertiary/aromatic N) is 1. The van der Waals surface area contributed by atoms with E-state index < -0.39 is 0 Å². The van der Waals surface area contributed by atoms with E-state index in [1.54, 1.807) is 6.21 Å². The summed E-state index contributed by atoms with van der Waals surface area (Å²) in [7, 11) is 0. The summed E-state index contributed by atoms with van der Waals surface area (Å²) in [6.45, 7) is 8.67. The number of benzene rings is 1. The van der Waals surface area contributed by atoms with Gasteiger partial charge in [0.05, 0.1) is 0 Å². The van der Waals surface area contributed by atoms with Crippen LogP contribution in [0.25, 0.3) is 0 Å². The molecule has 0 atom stereocenters. The summed E-state index contributed by atoms with van der Waals surface area (Å²) in [5, 5.41) is 3.99. The highest BCUT2D eigenvalue weighted by Crippen LogP contribution is 2.22. The van der Waals surface area contributed by atoms with Crippen molar-refractivity contribution in [1.82, 2.24) is 5.43 Å². The Morgan fingerprint density at radius 2 is 1.81 bits per heavy atom. The maximum absolute atomic E-state index is 11.9. The maximum Gasteiger partial charge on any atom is 0.271 e. The van der Waals surface area contributed by atoms with E-state index in [0.717, 1.165) is 12.8 Å². The zero-order valence-corrected chi connectivity index (χ0v) is 13.8. The second-order valence-corrected chi connectivity index (χ2v) is 6.43. The van der Waals surface area contributed by atoms with Crippen molar-refractivity contribution in [2.45, 2.75) is 65.2 Å². The van der Waals surface area contributed by atoms with Crippen molar-refractivity contribution in [3.05, 3.63) is 35.4 Å². The fourth-order valence-corrected chi connectivity index (χ4v) is 2.02. The standard InChI is InChI=1S/C18H28N2O/c1-5-6-7-8-9-14-19-20-17(21)15-10-12-16(13-11-15)18(2,3)4/h10-14H,5-9H2,1-4H3,(H,20,21)/b19-14+. The van der Waals surface area contributed by atoms with Crippen LogP contribution >= 0.6 is 0 Å². The fourth-order valence-electron chi connectivity index (χ4n) is 2.02. The van der Waals surface area contributed by atoms with Crippen LogP contribution in [0, 0.1) is 0 Å². The third-order valence-electron chi connectivity index (χ3n) is 3.46. The minimum Gasteiger partial charge on any atom is -0.267 e. The minimum atomic E-state index is -0.153. The van der Waals surface area contributed by atoms with Gasteiger partial charge in [-0.2, -0.15) is 5.10 Å². The average molecular weight is 288 g/mol. The van der Waals surface area contributed by atoms with Crippen molar-refractivity contribution < 1.29 is 4.79 Å². The molecule has 0 aliphatic heterocycles. The topological polar surface area (TPSA) is 41.5 Å². The van der Waals surface area contributed by atoms with E-state index in [1.165, 1.54) is 24.8 Å². The molecule has 0 saturated carbocycles. The summed E-state index contributed by atoms with van der Waals surface area (Å²) in [4.78, 5) is 11.9. The van der Waals surface area contributed by atoms with Crippen LogP contribution in [0.5, 0.6) is 0 Å². The highest BCUT2D eigenvalue weighted by molar-refractivity contribution is 5.94. The quantitative estimate of drug-likeness (QED) is 0.442. The van der Waals surface area contributed by atoms with Gasteiger partial charge in [-0.25, -0.2) is 5.43 Å². The molecule has 3 heteroatoms. The first-order valence-corrected chi connectivity index (χ1v) is 7.87. The van der Waals surface area contributed by atoms with Crippen LogP contribution in [0.4, 0.5) is 0 Å². The molecule has 116 valence electrons. The van der Waals surface area contributed by atoms with Crippen LogP contribution in [0.2, 0.25) is 0 Å². The van der Waals surface area contributed by atoms with Crippen LogP contribution in [-0.4, -0.2) is 12.1 Å². The van der Waals surface area contributed by atoms with Crippen LogP contribution in [0.3, 0.4) is 0 Å². The molecule has 0 spiro atoms. The van der Waals surface area contributed by atoms with Crippen molar-refractivity contribution in [1.29, 1.82) is 0 Å². The van der Waals surface area contributed by atoms with Gasteiger partial charge in [-0.05, 0) is 36.0 Å². The molecule has 0 bridgehead atoms. The Kier molecular flexibility index (Phi) is 7.13. The van der Waals surface area contributed by atoms with Crippen LogP contribution in [0.1, 0.15) is 75.7 Å². The van der Waals surface area contributed by atoms with E-state index in [0.29, 0.717) is 5.56 Å². The first kappa shape index (κ1) is 17.4. The predicted molar refractivity (Wildman–Crippen MR) is 89.9 cm³/mol. The molecule has 1 amide bonds. The highest BCUT2D eigenvalue weighted by atomic mass is 16.2. The fraction of sp³-hybridized carbons (Fsp3) is 0.556. The normalized spacial score (nSPS) is 11.8. The van der Waals surface area contributed by atoms with Gasteiger partial charge in [-0.3, -0.25) is 4.79 Å². The molecule has 0 heterocycles. The van der Waals surface area contributed by atoms with Gasteiger partial charge in [0.15, 0.2) is 0 Å². The van der Waals surface area contributed by atoms with Gasteiger partial charge in [-0.15, -0.1) is 0 Å². The van der Waals surface area contributed by atoms with Gasteiger partial charge in [0, 0.05) is 11.8 Å². The molecule has 0 radical (unpaired) electrons. The van der Waals surface area contributed by atoms with E-state index in [4.69, 9.17) is 0 Å². The number of carbonyl (C=O) groups is 1. The molecule has 0 aliphatic rings. The summed E-state index contributed by atoms with van der Waals surface area (Å²) >= 11 is 0. The van der Waals surface area contributed by atoms with Crippen molar-refractivity contribution >= 4 is 12.1 Å². The largest absolute Gasteiger partial charge is 0.271 e. The lowest BCUT2D eigenvalue weighted by Crippen LogP contribution is -2.18. The number of unbranched alkanes of at least 4 members (excludes halogenated alkanes) is 4. The van der Waals surface area contributed by atoms with E-state index in [9.17, 15) is 4.79 Å². The Hall–Kier alpha value is -1.64. The Balaban J connectivity index is 2.40. The number of hydrazone groups is 1. The molecule has 1 N–H and O–H groups in total. The first-order valence-electron chi connectivity index (χ1n) is 7.87. The third kappa shape index (κ3) is 6.56. The van der Waals surface area contributed by atoms with Gasteiger partial charge >= 0.3 is 0 Å². The Morgan fingerprint density at radius 1 is 1.14 bits per heavy atom. The number of rotatable bonds is 7. The lowest BCUT2D eigenvalue weighted by Gasteiger charge is -2.18. The number of nitrogens with one attached hydrogen (secondary N) is 1. The third-order valence-corrected chi connectivity index (χ3v) is 3.46. The summed E-state index contributed by atoms with van der Waals surface area (Å²) in [5.74, 6) is -0.153. The molecular weight excluding hydrogens is 260 g/mol. The summed E-state index contributed by atoms with van der Waals surface area (Å²) in [6, 6.07) is 7.71. The molecular formula is C18H28N2O. The average Bonchev–Trinajstić information content (AvgIpc) is 2.45. The van der Waals surface area contributed by atoms with E-state index in [1.807, 2.05) is 24.3 Å². The van der Waals surface area contributed by atoms with Crippen molar-refractivity contribution in [2.24, 2.45) is 5.10 Å². The van der Waals surface area contributed by atoms with Gasteiger partial charge < -0.3 is 0 Å². The number of hydrogen-bond donors (Lipinski definition) is 1. The van der Waals surface area contributed by atoms with Crippen LogP contribution < -0.4 is 5.43 Å². The zero-order valence-electron chi connectivity index (χ0n) is 13.8. The highest BCUT2D eigenvalue weighted by Gasteiger charge is 2.13. The van der Waals surface area contributed by atoms with Crippen LogP contribution in [0.15, 0.2) is 29.4 Å². The lowest BCUT2D eigenvalue weighted by atomic mass is 9.87. The van der Waals surface area contributed by atoms with Crippen molar-refractivity contribution in [3.8, 4) is 0 Å². The smallest absolute Gasteiger partial charge is 0.267 e. The number of amides is 1. The van der Waals surface area contributed by atoms with E-state index in [-0.39, 0.29) is 11.3 Å². The Bertz CT molecular complexity index is 455. The molecule has 0 aliphatic carbocycles. The predicted octanol–water partition coefficient (Wildman–Crippen LogP) is 4.67. The number of hydrogen-bond acceptors (Lipinski definition) is 2. The molecule has 1 aromatic rings. The summed E-state index contributed by atoms with van der Waals surface area (Å²) < 4.78 is 0. The van der Waals surface area contributed by atoms with Gasteiger partial charge in [0.25, 0.3) is 5.91 Å². The van der Waals surface area contributed by atoms with Gasteiger partial charge in [0.1, 0.15) is 0 Å². The van der Waals surface area contributed by atoms with E-state index >= 15 is 0 Å². The lowest BCUT2D eigenvalue weighted by molar-refractivity contribution is 0.0955. The molecule has 3 nitrogen and oxygen atoms in total. The molecule has 0 fully saturated rings.